The molecule has 1 aromatic heterocycles. The zero-order valence-corrected chi connectivity index (χ0v) is 15.8. The molecular weight excluding hydrogens is 365 g/mol. The Labute approximate surface area is 156 Å². The second kappa shape index (κ2) is 10.6. The van der Waals surface area contributed by atoms with Crippen LogP contribution >= 0.6 is 11.3 Å². The molecule has 2 N–H and O–H groups in total. The maximum absolute atomic E-state index is 12.0. The molecule has 9 heteroatoms. The molecule has 26 heavy (non-hydrogen) atoms. The summed E-state index contributed by atoms with van der Waals surface area (Å²) in [6.07, 6.45) is -1.75. The van der Waals surface area contributed by atoms with Gasteiger partial charge in [-0.3, -0.25) is 4.99 Å². The lowest BCUT2D eigenvalue weighted by molar-refractivity contribution is -0.173. The Morgan fingerprint density at radius 3 is 2.77 bits per heavy atom. The molecule has 2 heterocycles. The second-order valence-electron chi connectivity index (χ2n) is 6.14. The third-order valence-electron chi connectivity index (χ3n) is 3.98. The molecule has 0 aromatic carbocycles. The van der Waals surface area contributed by atoms with Crippen molar-refractivity contribution < 1.29 is 17.9 Å². The predicted molar refractivity (Wildman–Crippen MR) is 100 cm³/mol. The van der Waals surface area contributed by atoms with E-state index in [1.54, 1.807) is 11.3 Å². The molecular formula is C17H27F3N4OS. The summed E-state index contributed by atoms with van der Waals surface area (Å²) in [4.78, 5) is 6.83. The summed E-state index contributed by atoms with van der Waals surface area (Å²) in [5, 5.41) is 10.0. The van der Waals surface area contributed by atoms with Gasteiger partial charge in [-0.15, -0.1) is 11.3 Å². The van der Waals surface area contributed by atoms with E-state index in [-0.39, 0.29) is 6.61 Å². The molecule has 0 radical (unpaired) electrons. The Bertz CT molecular complexity index is 529. The van der Waals surface area contributed by atoms with Crippen LogP contribution in [0.1, 0.15) is 26.2 Å². The fourth-order valence-electron chi connectivity index (χ4n) is 2.75. The van der Waals surface area contributed by atoms with E-state index < -0.39 is 12.8 Å². The summed E-state index contributed by atoms with van der Waals surface area (Å²) in [5.74, 6) is 0.720. The van der Waals surface area contributed by atoms with Gasteiger partial charge in [-0.2, -0.15) is 13.2 Å². The van der Waals surface area contributed by atoms with E-state index in [2.05, 4.69) is 42.8 Å². The molecule has 1 saturated heterocycles. The molecule has 5 nitrogen and oxygen atoms in total. The van der Waals surface area contributed by atoms with Crippen molar-refractivity contribution in [3.8, 4) is 0 Å². The molecule has 1 aliphatic rings. The van der Waals surface area contributed by atoms with E-state index in [9.17, 15) is 13.2 Å². The fraction of sp³-hybridized carbons (Fsp3) is 0.706. The topological polar surface area (TPSA) is 48.9 Å². The van der Waals surface area contributed by atoms with E-state index in [0.29, 0.717) is 19.0 Å². The molecule has 0 aliphatic carbocycles. The van der Waals surface area contributed by atoms with Crippen molar-refractivity contribution in [1.82, 2.24) is 10.6 Å². The molecule has 148 valence electrons. The minimum absolute atomic E-state index is 0.0572. The number of nitrogens with zero attached hydrogens (tertiary/aromatic N) is 2. The van der Waals surface area contributed by atoms with Crippen molar-refractivity contribution in [3.05, 3.63) is 17.5 Å². The van der Waals surface area contributed by atoms with Crippen LogP contribution in [0.4, 0.5) is 18.2 Å². The average Bonchev–Trinajstić information content (AvgIpc) is 3.12. The maximum atomic E-state index is 12.0. The number of ether oxygens (including phenoxy) is 1. The van der Waals surface area contributed by atoms with Crippen LogP contribution in [0, 0.1) is 0 Å². The van der Waals surface area contributed by atoms with Crippen LogP contribution in [0.25, 0.3) is 0 Å². The fourth-order valence-corrected chi connectivity index (χ4v) is 3.54. The second-order valence-corrected chi connectivity index (χ2v) is 7.07. The minimum Gasteiger partial charge on any atom is -0.372 e. The Morgan fingerprint density at radius 2 is 2.15 bits per heavy atom. The number of nitrogens with one attached hydrogen (secondary N) is 2. The van der Waals surface area contributed by atoms with E-state index in [4.69, 9.17) is 0 Å². The summed E-state index contributed by atoms with van der Waals surface area (Å²) in [6.45, 7) is 4.03. The molecule has 0 amide bonds. The van der Waals surface area contributed by atoms with Crippen molar-refractivity contribution >= 4 is 22.3 Å². The van der Waals surface area contributed by atoms with E-state index >= 15 is 0 Å². The standard InChI is InChI=1S/C17H27F3N4OS/c1-2-21-16(22-8-4-11-25-13-17(18,19)20)23-14-6-9-24(10-7-14)15-5-3-12-26-15/h3,5,12,14H,2,4,6-11,13H2,1H3,(H2,21,22,23). The first-order chi connectivity index (χ1) is 12.5. The molecule has 1 aromatic rings. The molecule has 0 unspecified atom stereocenters. The summed E-state index contributed by atoms with van der Waals surface area (Å²) in [6, 6.07) is 4.56. The smallest absolute Gasteiger partial charge is 0.372 e. The van der Waals surface area contributed by atoms with Crippen LogP contribution in [0.15, 0.2) is 22.5 Å². The highest BCUT2D eigenvalue weighted by atomic mass is 32.1. The molecule has 0 spiro atoms. The Balaban J connectivity index is 1.68. The maximum Gasteiger partial charge on any atom is 0.411 e. The summed E-state index contributed by atoms with van der Waals surface area (Å²) < 4.78 is 40.6. The van der Waals surface area contributed by atoms with Gasteiger partial charge in [0, 0.05) is 38.8 Å². The van der Waals surface area contributed by atoms with Gasteiger partial charge in [0.25, 0.3) is 0 Å². The van der Waals surface area contributed by atoms with Gasteiger partial charge < -0.3 is 20.3 Å². The molecule has 1 aliphatic heterocycles. The van der Waals surface area contributed by atoms with Crippen molar-refractivity contribution in [1.29, 1.82) is 0 Å². The third-order valence-corrected chi connectivity index (χ3v) is 4.91. The number of aliphatic imine (C=N–C) groups is 1. The summed E-state index contributed by atoms with van der Waals surface area (Å²) >= 11 is 1.76. The summed E-state index contributed by atoms with van der Waals surface area (Å²) in [7, 11) is 0. The van der Waals surface area contributed by atoms with Crippen LogP contribution in [0.2, 0.25) is 0 Å². The highest BCUT2D eigenvalue weighted by Crippen LogP contribution is 2.24. The van der Waals surface area contributed by atoms with Gasteiger partial charge in [0.2, 0.25) is 0 Å². The van der Waals surface area contributed by atoms with Gasteiger partial charge in [-0.1, -0.05) is 0 Å². The first-order valence-electron chi connectivity index (χ1n) is 8.95. The monoisotopic (exact) mass is 392 g/mol. The Morgan fingerprint density at radius 1 is 1.38 bits per heavy atom. The highest BCUT2D eigenvalue weighted by Gasteiger charge is 2.27. The van der Waals surface area contributed by atoms with Crippen LogP contribution in [-0.4, -0.2) is 57.6 Å². The number of halogens is 3. The number of anilines is 1. The zero-order chi connectivity index (χ0) is 18.8. The SMILES string of the molecule is CCNC(=NCCCOCC(F)(F)F)NC1CCN(c2cccs2)CC1. The van der Waals surface area contributed by atoms with E-state index in [0.717, 1.165) is 38.4 Å². The number of rotatable bonds is 8. The number of piperidine rings is 1. The Hall–Kier alpha value is -1.48. The van der Waals surface area contributed by atoms with Gasteiger partial charge >= 0.3 is 6.18 Å². The van der Waals surface area contributed by atoms with Crippen molar-refractivity contribution in [3.63, 3.8) is 0 Å². The van der Waals surface area contributed by atoms with Gasteiger partial charge in [0.15, 0.2) is 5.96 Å². The van der Waals surface area contributed by atoms with Gasteiger partial charge in [0.1, 0.15) is 6.61 Å². The zero-order valence-electron chi connectivity index (χ0n) is 15.0. The first-order valence-corrected chi connectivity index (χ1v) is 9.83. The quantitative estimate of drug-likeness (QED) is 0.405. The van der Waals surface area contributed by atoms with Gasteiger partial charge in [-0.25, -0.2) is 0 Å². The minimum atomic E-state index is -4.27. The lowest BCUT2D eigenvalue weighted by atomic mass is 10.1. The van der Waals surface area contributed by atoms with E-state index in [1.807, 2.05) is 6.92 Å². The van der Waals surface area contributed by atoms with Crippen LogP contribution in [0.3, 0.4) is 0 Å². The number of hydrogen-bond acceptors (Lipinski definition) is 4. The lowest BCUT2D eigenvalue weighted by Gasteiger charge is -2.33. The van der Waals surface area contributed by atoms with Crippen LogP contribution < -0.4 is 15.5 Å². The average molecular weight is 392 g/mol. The third kappa shape index (κ3) is 7.82. The van der Waals surface area contributed by atoms with Crippen molar-refractivity contribution in [2.45, 2.75) is 38.4 Å². The molecule has 0 atom stereocenters. The van der Waals surface area contributed by atoms with Crippen LogP contribution in [-0.2, 0) is 4.74 Å². The number of thiophene rings is 1. The van der Waals surface area contributed by atoms with Gasteiger partial charge in [0.05, 0.1) is 5.00 Å². The normalized spacial score (nSPS) is 16.8. The summed E-state index contributed by atoms with van der Waals surface area (Å²) in [5.41, 5.74) is 0. The largest absolute Gasteiger partial charge is 0.411 e. The van der Waals surface area contributed by atoms with Gasteiger partial charge in [-0.05, 0) is 43.7 Å². The highest BCUT2D eigenvalue weighted by molar-refractivity contribution is 7.14. The predicted octanol–water partition coefficient (Wildman–Crippen LogP) is 3.24. The lowest BCUT2D eigenvalue weighted by Crippen LogP contribution is -2.48. The molecule has 0 bridgehead atoms. The Kier molecular flexibility index (Phi) is 8.50. The molecule has 0 saturated carbocycles. The molecule has 1 fully saturated rings. The van der Waals surface area contributed by atoms with E-state index in [1.165, 1.54) is 5.00 Å². The van der Waals surface area contributed by atoms with Crippen LogP contribution in [0.5, 0.6) is 0 Å². The first kappa shape index (κ1) is 20.8. The number of guanidine groups is 1. The molecule has 2 rings (SSSR count). The number of hydrogen-bond donors (Lipinski definition) is 2. The number of alkyl halides is 3. The van der Waals surface area contributed by atoms with Crippen molar-refractivity contribution in [2.75, 3.05) is 44.3 Å². The van der Waals surface area contributed by atoms with Crippen molar-refractivity contribution in [2.24, 2.45) is 4.99 Å².